The van der Waals surface area contributed by atoms with E-state index in [4.69, 9.17) is 4.74 Å². The molecular weight excluding hydrogens is 341 g/mol. The third-order valence-electron chi connectivity index (χ3n) is 4.06. The van der Waals surface area contributed by atoms with Crippen molar-refractivity contribution >= 4 is 17.7 Å². The Labute approximate surface area is 150 Å². The Kier molecular flexibility index (Phi) is 6.47. The van der Waals surface area contributed by atoms with E-state index in [1.807, 2.05) is 11.8 Å². The molecule has 0 aliphatic carbocycles. The van der Waals surface area contributed by atoms with Crippen molar-refractivity contribution in [2.75, 3.05) is 25.5 Å². The number of aromatic nitrogens is 2. The van der Waals surface area contributed by atoms with Gasteiger partial charge in [0.05, 0.1) is 6.20 Å². The lowest BCUT2D eigenvalue weighted by molar-refractivity contribution is -0.121. The van der Waals surface area contributed by atoms with Crippen LogP contribution in [-0.2, 0) is 16.1 Å². The molecule has 7 heteroatoms. The minimum absolute atomic E-state index is 0.0543. The molecule has 0 saturated carbocycles. The second kappa shape index (κ2) is 9.01. The molecule has 1 aromatic carbocycles. The van der Waals surface area contributed by atoms with Crippen molar-refractivity contribution in [2.24, 2.45) is 0 Å². The summed E-state index contributed by atoms with van der Waals surface area (Å²) in [6.07, 6.45) is 5.67. The van der Waals surface area contributed by atoms with Gasteiger partial charge in [-0.05, 0) is 30.5 Å². The molecule has 1 N–H and O–H groups in total. The largest absolute Gasteiger partial charge is 0.381 e. The summed E-state index contributed by atoms with van der Waals surface area (Å²) >= 11 is 1.90. The van der Waals surface area contributed by atoms with Crippen LogP contribution >= 0.6 is 11.8 Å². The Morgan fingerprint density at radius 3 is 2.80 bits per heavy atom. The Morgan fingerprint density at radius 2 is 2.04 bits per heavy atom. The van der Waals surface area contributed by atoms with Gasteiger partial charge in [0.15, 0.2) is 0 Å². The normalized spacial score (nSPS) is 15.2. The Bertz CT molecular complexity index is 684. The molecule has 0 unspecified atom stereocenters. The van der Waals surface area contributed by atoms with Gasteiger partial charge >= 0.3 is 0 Å². The highest BCUT2D eigenvalue weighted by Gasteiger charge is 2.13. The first-order valence-electron chi connectivity index (χ1n) is 8.45. The van der Waals surface area contributed by atoms with E-state index in [1.165, 1.54) is 12.1 Å². The zero-order valence-electron chi connectivity index (χ0n) is 14.0. The van der Waals surface area contributed by atoms with Gasteiger partial charge in [0.2, 0.25) is 5.91 Å². The number of hydrogen-bond donors (Lipinski definition) is 1. The summed E-state index contributed by atoms with van der Waals surface area (Å²) < 4.78 is 19.9. The van der Waals surface area contributed by atoms with Crippen LogP contribution < -0.4 is 5.32 Å². The van der Waals surface area contributed by atoms with Crippen LogP contribution in [0.25, 0.3) is 11.1 Å². The molecule has 0 bridgehead atoms. The third kappa shape index (κ3) is 5.57. The van der Waals surface area contributed by atoms with Gasteiger partial charge in [-0.3, -0.25) is 9.48 Å². The summed E-state index contributed by atoms with van der Waals surface area (Å²) in [4.78, 5) is 12.0. The molecule has 1 aliphatic heterocycles. The number of benzene rings is 1. The molecule has 0 spiro atoms. The minimum Gasteiger partial charge on any atom is -0.381 e. The molecular formula is C18H22FN3O2S. The van der Waals surface area contributed by atoms with Gasteiger partial charge in [-0.25, -0.2) is 4.39 Å². The van der Waals surface area contributed by atoms with Crippen molar-refractivity contribution in [1.82, 2.24) is 15.1 Å². The summed E-state index contributed by atoms with van der Waals surface area (Å²) in [6, 6.07) is 6.22. The Balaban J connectivity index is 1.40. The zero-order chi connectivity index (χ0) is 17.5. The van der Waals surface area contributed by atoms with Crippen LogP contribution in [0.4, 0.5) is 4.39 Å². The van der Waals surface area contributed by atoms with Crippen LogP contribution in [0, 0.1) is 5.82 Å². The highest BCUT2D eigenvalue weighted by atomic mass is 32.2. The van der Waals surface area contributed by atoms with E-state index in [0.29, 0.717) is 11.8 Å². The molecule has 0 atom stereocenters. The average molecular weight is 363 g/mol. The van der Waals surface area contributed by atoms with E-state index in [1.54, 1.807) is 29.2 Å². The number of thioether (sulfide) groups is 1. The first kappa shape index (κ1) is 17.9. The first-order valence-corrected chi connectivity index (χ1v) is 9.50. The molecule has 134 valence electrons. The first-order chi connectivity index (χ1) is 12.2. The molecule has 1 amide bonds. The Hall–Kier alpha value is -1.86. The summed E-state index contributed by atoms with van der Waals surface area (Å²) in [5.41, 5.74) is 1.74. The van der Waals surface area contributed by atoms with Gasteiger partial charge in [0.25, 0.3) is 0 Å². The van der Waals surface area contributed by atoms with Crippen molar-refractivity contribution in [3.8, 4) is 11.1 Å². The smallest absolute Gasteiger partial charge is 0.241 e. The van der Waals surface area contributed by atoms with Crippen LogP contribution in [0.15, 0.2) is 36.7 Å². The molecule has 2 heterocycles. The van der Waals surface area contributed by atoms with Crippen LogP contribution in [0.5, 0.6) is 0 Å². The number of ether oxygens (including phenoxy) is 1. The fourth-order valence-corrected chi connectivity index (χ4v) is 3.78. The summed E-state index contributed by atoms with van der Waals surface area (Å²) in [6.45, 7) is 2.54. The van der Waals surface area contributed by atoms with E-state index in [2.05, 4.69) is 10.4 Å². The number of carbonyl (C=O) groups is 1. The Morgan fingerprint density at radius 1 is 1.28 bits per heavy atom. The van der Waals surface area contributed by atoms with Crippen molar-refractivity contribution in [3.63, 3.8) is 0 Å². The monoisotopic (exact) mass is 363 g/mol. The maximum absolute atomic E-state index is 13.0. The maximum atomic E-state index is 13.0. The molecule has 5 nitrogen and oxygen atoms in total. The summed E-state index contributed by atoms with van der Waals surface area (Å²) in [7, 11) is 0. The molecule has 1 saturated heterocycles. The molecule has 1 aromatic heterocycles. The quantitative estimate of drug-likeness (QED) is 0.769. The minimum atomic E-state index is -0.269. The lowest BCUT2D eigenvalue weighted by Gasteiger charge is -2.21. The molecule has 1 aliphatic rings. The lowest BCUT2D eigenvalue weighted by Crippen LogP contribution is -2.30. The van der Waals surface area contributed by atoms with Crippen LogP contribution in [0.2, 0.25) is 0 Å². The van der Waals surface area contributed by atoms with Gasteiger partial charge in [-0.1, -0.05) is 12.1 Å². The van der Waals surface area contributed by atoms with Gasteiger partial charge in [-0.2, -0.15) is 16.9 Å². The summed E-state index contributed by atoms with van der Waals surface area (Å²) in [5.74, 6) is 0.589. The highest BCUT2D eigenvalue weighted by molar-refractivity contribution is 7.99. The number of halogens is 1. The number of hydrogen-bond acceptors (Lipinski definition) is 4. The van der Waals surface area contributed by atoms with Crippen molar-refractivity contribution in [1.29, 1.82) is 0 Å². The van der Waals surface area contributed by atoms with E-state index < -0.39 is 0 Å². The lowest BCUT2D eigenvalue weighted by atomic mass is 10.1. The zero-order valence-corrected chi connectivity index (χ0v) is 14.8. The predicted molar refractivity (Wildman–Crippen MR) is 96.9 cm³/mol. The molecule has 25 heavy (non-hydrogen) atoms. The molecule has 3 rings (SSSR count). The van der Waals surface area contributed by atoms with Crippen molar-refractivity contribution in [2.45, 2.75) is 24.6 Å². The number of nitrogens with one attached hydrogen (secondary N) is 1. The van der Waals surface area contributed by atoms with E-state index >= 15 is 0 Å². The van der Waals surface area contributed by atoms with Gasteiger partial charge < -0.3 is 10.1 Å². The SMILES string of the molecule is O=C(Cn1cc(-c2ccc(F)cc2)cn1)NCCSC1CCOCC1. The average Bonchev–Trinajstić information content (AvgIpc) is 3.09. The van der Waals surface area contributed by atoms with Gasteiger partial charge in [0.1, 0.15) is 12.4 Å². The van der Waals surface area contributed by atoms with E-state index in [-0.39, 0.29) is 18.3 Å². The van der Waals surface area contributed by atoms with Crippen molar-refractivity contribution in [3.05, 3.63) is 42.5 Å². The second-order valence-corrected chi connectivity index (χ2v) is 7.37. The third-order valence-corrected chi connectivity index (χ3v) is 5.45. The maximum Gasteiger partial charge on any atom is 0.241 e. The molecule has 2 aromatic rings. The van der Waals surface area contributed by atoms with Crippen LogP contribution in [0.1, 0.15) is 12.8 Å². The summed E-state index contributed by atoms with van der Waals surface area (Å²) in [5, 5.41) is 7.77. The van der Waals surface area contributed by atoms with Crippen LogP contribution in [-0.4, -0.2) is 46.4 Å². The second-order valence-electron chi connectivity index (χ2n) is 5.97. The standard InChI is InChI=1S/C18H22FN3O2S/c19-16-3-1-14(2-4-16)15-11-21-22(12-15)13-18(23)20-7-10-25-17-5-8-24-9-6-17/h1-4,11-12,17H,5-10,13H2,(H,20,23). The highest BCUT2D eigenvalue weighted by Crippen LogP contribution is 2.21. The number of rotatable bonds is 7. The van der Waals surface area contributed by atoms with Crippen LogP contribution in [0.3, 0.4) is 0 Å². The molecule has 0 radical (unpaired) electrons. The molecule has 1 fully saturated rings. The number of carbonyl (C=O) groups excluding carboxylic acids is 1. The van der Waals surface area contributed by atoms with E-state index in [0.717, 1.165) is 42.9 Å². The van der Waals surface area contributed by atoms with Crippen molar-refractivity contribution < 1.29 is 13.9 Å². The number of amides is 1. The van der Waals surface area contributed by atoms with Gasteiger partial charge in [-0.15, -0.1) is 0 Å². The predicted octanol–water partition coefficient (Wildman–Crippen LogP) is 2.72. The van der Waals surface area contributed by atoms with E-state index in [9.17, 15) is 9.18 Å². The number of nitrogens with zero attached hydrogens (tertiary/aromatic N) is 2. The topological polar surface area (TPSA) is 56.2 Å². The van der Waals surface area contributed by atoms with Gasteiger partial charge in [0, 0.05) is 42.5 Å². The fraction of sp³-hybridized carbons (Fsp3) is 0.444. The fourth-order valence-electron chi connectivity index (χ4n) is 2.70.